The van der Waals surface area contributed by atoms with Crippen LogP contribution >= 0.6 is 0 Å². The van der Waals surface area contributed by atoms with Crippen LogP contribution in [0.3, 0.4) is 0 Å². The molecule has 100 valence electrons. The highest BCUT2D eigenvalue weighted by molar-refractivity contribution is 5.90. The van der Waals surface area contributed by atoms with Gasteiger partial charge in [-0.15, -0.1) is 0 Å². The van der Waals surface area contributed by atoms with Gasteiger partial charge >= 0.3 is 0 Å². The van der Waals surface area contributed by atoms with Gasteiger partial charge in [-0.2, -0.15) is 0 Å². The van der Waals surface area contributed by atoms with Gasteiger partial charge in [0.15, 0.2) is 0 Å². The van der Waals surface area contributed by atoms with Crippen molar-refractivity contribution in [3.63, 3.8) is 0 Å². The highest BCUT2D eigenvalue weighted by Gasteiger charge is 2.54. The molecule has 3 atom stereocenters. The highest BCUT2D eigenvalue weighted by Crippen LogP contribution is 2.58. The summed E-state index contributed by atoms with van der Waals surface area (Å²) in [7, 11) is 0. The second kappa shape index (κ2) is 4.07. The first-order chi connectivity index (χ1) is 9.78. The Bertz CT molecular complexity index is 750. The number of aromatic nitrogens is 1. The number of nitrogens with two attached hydrogens (primary N) is 1. The van der Waals surface area contributed by atoms with E-state index in [1.165, 1.54) is 21.9 Å². The smallest absolute Gasteiger partial charge is 0.143 e. The van der Waals surface area contributed by atoms with Crippen LogP contribution in [0, 0.1) is 17.8 Å². The molecule has 4 heteroatoms. The van der Waals surface area contributed by atoms with Crippen LogP contribution in [0.2, 0.25) is 0 Å². The molecule has 20 heavy (non-hydrogen) atoms. The van der Waals surface area contributed by atoms with E-state index in [2.05, 4.69) is 34.4 Å². The Morgan fingerprint density at radius 3 is 2.95 bits per heavy atom. The van der Waals surface area contributed by atoms with E-state index in [1.807, 2.05) is 18.5 Å². The maximum atomic E-state index is 8.74. The Hall–Kier alpha value is -2.36. The molecule has 4 rings (SSSR count). The van der Waals surface area contributed by atoms with Crippen molar-refractivity contribution in [2.45, 2.75) is 6.42 Å². The van der Waals surface area contributed by atoms with Crippen molar-refractivity contribution >= 4 is 22.2 Å². The van der Waals surface area contributed by atoms with Gasteiger partial charge in [0.2, 0.25) is 0 Å². The van der Waals surface area contributed by atoms with Crippen molar-refractivity contribution in [3.8, 4) is 0 Å². The SMILES string of the molecule is N/C(=N\O)C1C2C=C(c3ccc4ccncc4c3)CC21. The van der Waals surface area contributed by atoms with Crippen LogP contribution in [0.25, 0.3) is 16.3 Å². The quantitative estimate of drug-likeness (QED) is 0.379. The molecule has 3 N–H and O–H groups in total. The molecule has 1 aromatic heterocycles. The standard InChI is InChI=1S/C16H15N3O/c17-16(19-20)15-13-6-11(7-14(13)15)10-2-1-9-3-4-18-8-12(9)5-10/h1-6,8,13-15,20H,7H2,(H2,17,19). The third-order valence-corrected chi connectivity index (χ3v) is 4.55. The summed E-state index contributed by atoms with van der Waals surface area (Å²) in [5.41, 5.74) is 8.32. The lowest BCUT2D eigenvalue weighted by atomic mass is 9.98. The van der Waals surface area contributed by atoms with Gasteiger partial charge in [0, 0.05) is 23.7 Å². The van der Waals surface area contributed by atoms with E-state index < -0.39 is 0 Å². The number of fused-ring (bicyclic) bond motifs is 2. The molecule has 0 saturated heterocycles. The molecule has 2 aliphatic rings. The molecular formula is C16H15N3O. The topological polar surface area (TPSA) is 71.5 Å². The predicted octanol–water partition coefficient (Wildman–Crippen LogP) is 2.63. The van der Waals surface area contributed by atoms with E-state index in [1.54, 1.807) is 0 Å². The molecular weight excluding hydrogens is 250 g/mol. The van der Waals surface area contributed by atoms with E-state index in [-0.39, 0.29) is 5.92 Å². The van der Waals surface area contributed by atoms with E-state index in [4.69, 9.17) is 10.9 Å². The van der Waals surface area contributed by atoms with E-state index in [0.717, 1.165) is 6.42 Å². The minimum atomic E-state index is 0.242. The predicted molar refractivity (Wildman–Crippen MR) is 78.2 cm³/mol. The van der Waals surface area contributed by atoms with Crippen LogP contribution in [-0.2, 0) is 0 Å². The fourth-order valence-corrected chi connectivity index (χ4v) is 3.43. The van der Waals surface area contributed by atoms with Gasteiger partial charge in [-0.1, -0.05) is 23.4 Å². The fraction of sp³-hybridized carbons (Fsp3) is 0.250. The van der Waals surface area contributed by atoms with Crippen LogP contribution in [0.5, 0.6) is 0 Å². The summed E-state index contributed by atoms with van der Waals surface area (Å²) in [6.07, 6.45) is 7.00. The second-order valence-corrected chi connectivity index (χ2v) is 5.63. The number of rotatable bonds is 2. The zero-order valence-electron chi connectivity index (χ0n) is 10.9. The van der Waals surface area contributed by atoms with Crippen molar-refractivity contribution in [3.05, 3.63) is 48.3 Å². The summed E-state index contributed by atoms with van der Waals surface area (Å²) in [6, 6.07) is 8.51. The third kappa shape index (κ3) is 1.61. The molecule has 4 nitrogen and oxygen atoms in total. The molecule has 0 amide bonds. The summed E-state index contributed by atoms with van der Waals surface area (Å²) in [5.74, 6) is 1.58. The Balaban J connectivity index is 1.64. The summed E-state index contributed by atoms with van der Waals surface area (Å²) in [6.45, 7) is 0. The van der Waals surface area contributed by atoms with E-state index >= 15 is 0 Å². The first kappa shape index (κ1) is 11.5. The number of allylic oxidation sites excluding steroid dienone is 2. The highest BCUT2D eigenvalue weighted by atomic mass is 16.4. The maximum absolute atomic E-state index is 8.74. The van der Waals surface area contributed by atoms with Crippen LogP contribution in [0.15, 0.2) is 47.9 Å². The number of amidine groups is 1. The number of hydrogen-bond donors (Lipinski definition) is 2. The van der Waals surface area contributed by atoms with Crippen molar-refractivity contribution in [1.82, 2.24) is 4.98 Å². The molecule has 1 heterocycles. The third-order valence-electron chi connectivity index (χ3n) is 4.55. The fourth-order valence-electron chi connectivity index (χ4n) is 3.43. The van der Waals surface area contributed by atoms with Gasteiger partial charge < -0.3 is 10.9 Å². The van der Waals surface area contributed by atoms with Crippen molar-refractivity contribution < 1.29 is 5.21 Å². The van der Waals surface area contributed by atoms with Crippen molar-refractivity contribution in [1.29, 1.82) is 0 Å². The molecule has 2 aromatic rings. The molecule has 1 saturated carbocycles. The molecule has 0 bridgehead atoms. The van der Waals surface area contributed by atoms with Crippen LogP contribution < -0.4 is 5.73 Å². The van der Waals surface area contributed by atoms with Gasteiger partial charge in [0.1, 0.15) is 5.84 Å². The molecule has 0 radical (unpaired) electrons. The maximum Gasteiger partial charge on any atom is 0.143 e. The largest absolute Gasteiger partial charge is 0.409 e. The first-order valence-corrected chi connectivity index (χ1v) is 6.80. The molecule has 1 fully saturated rings. The second-order valence-electron chi connectivity index (χ2n) is 5.63. The zero-order chi connectivity index (χ0) is 13.7. The number of hydrogen-bond acceptors (Lipinski definition) is 3. The van der Waals surface area contributed by atoms with Crippen molar-refractivity contribution in [2.24, 2.45) is 28.6 Å². The Morgan fingerprint density at radius 1 is 1.30 bits per heavy atom. The summed E-state index contributed by atoms with van der Waals surface area (Å²) in [5, 5.41) is 14.2. The zero-order valence-corrected chi connectivity index (χ0v) is 10.9. The number of pyridine rings is 1. The summed E-state index contributed by atoms with van der Waals surface area (Å²) < 4.78 is 0. The molecule has 0 spiro atoms. The summed E-state index contributed by atoms with van der Waals surface area (Å²) in [4.78, 5) is 4.17. The lowest BCUT2D eigenvalue weighted by Crippen LogP contribution is -2.16. The summed E-state index contributed by atoms with van der Waals surface area (Å²) >= 11 is 0. The number of benzene rings is 1. The lowest BCUT2D eigenvalue weighted by molar-refractivity contribution is 0.316. The van der Waals surface area contributed by atoms with Crippen LogP contribution in [0.4, 0.5) is 0 Å². The minimum absolute atomic E-state index is 0.242. The average molecular weight is 265 g/mol. The first-order valence-electron chi connectivity index (χ1n) is 6.80. The normalized spacial score (nSPS) is 28.3. The van der Waals surface area contributed by atoms with Crippen LogP contribution in [-0.4, -0.2) is 16.0 Å². The molecule has 0 aliphatic heterocycles. The van der Waals surface area contributed by atoms with Gasteiger partial charge in [0.25, 0.3) is 0 Å². The average Bonchev–Trinajstić information content (AvgIpc) is 3.00. The van der Waals surface area contributed by atoms with Gasteiger partial charge in [-0.05, 0) is 46.9 Å². The lowest BCUT2D eigenvalue weighted by Gasteiger charge is -2.07. The van der Waals surface area contributed by atoms with E-state index in [9.17, 15) is 0 Å². The monoisotopic (exact) mass is 265 g/mol. The minimum Gasteiger partial charge on any atom is -0.409 e. The Kier molecular flexibility index (Phi) is 2.33. The number of nitrogens with zero attached hydrogens (tertiary/aromatic N) is 2. The van der Waals surface area contributed by atoms with Gasteiger partial charge in [-0.3, -0.25) is 4.98 Å². The molecule has 3 unspecified atom stereocenters. The Morgan fingerprint density at radius 2 is 2.20 bits per heavy atom. The van der Waals surface area contributed by atoms with Crippen LogP contribution in [0.1, 0.15) is 12.0 Å². The van der Waals surface area contributed by atoms with Gasteiger partial charge in [0.05, 0.1) is 0 Å². The Labute approximate surface area is 116 Å². The van der Waals surface area contributed by atoms with Gasteiger partial charge in [-0.25, -0.2) is 0 Å². The number of oxime groups is 1. The van der Waals surface area contributed by atoms with Crippen molar-refractivity contribution in [2.75, 3.05) is 0 Å². The van der Waals surface area contributed by atoms with E-state index in [0.29, 0.717) is 17.7 Å². The molecule has 2 aliphatic carbocycles. The molecule has 1 aromatic carbocycles.